The molecule has 0 radical (unpaired) electrons. The molecule has 1 aliphatic heterocycles. The molecular formula is C14H19ClN2. The van der Waals surface area contributed by atoms with Crippen LogP contribution in [0.5, 0.6) is 0 Å². The minimum Gasteiger partial charge on any atom is -0.309 e. The van der Waals surface area contributed by atoms with Crippen molar-refractivity contribution in [1.29, 1.82) is 0 Å². The molecular weight excluding hydrogens is 232 g/mol. The van der Waals surface area contributed by atoms with Crippen LogP contribution in [-0.4, -0.2) is 30.1 Å². The molecule has 1 atom stereocenters. The van der Waals surface area contributed by atoms with Crippen LogP contribution >= 0.6 is 11.6 Å². The third kappa shape index (κ3) is 3.01. The Morgan fingerprint density at radius 1 is 1.18 bits per heavy atom. The van der Waals surface area contributed by atoms with Crippen LogP contribution in [0, 0.1) is 0 Å². The van der Waals surface area contributed by atoms with E-state index in [2.05, 4.69) is 22.3 Å². The summed E-state index contributed by atoms with van der Waals surface area (Å²) in [5.41, 5.74) is 1.32. The van der Waals surface area contributed by atoms with Gasteiger partial charge in [-0.2, -0.15) is 0 Å². The molecule has 1 saturated carbocycles. The van der Waals surface area contributed by atoms with Crippen molar-refractivity contribution in [3.8, 4) is 0 Å². The Bertz CT molecular complexity index is 372. The Balaban J connectivity index is 1.46. The summed E-state index contributed by atoms with van der Waals surface area (Å²) in [7, 11) is 0. The average molecular weight is 251 g/mol. The zero-order chi connectivity index (χ0) is 11.7. The number of benzene rings is 1. The Kier molecular flexibility index (Phi) is 3.37. The van der Waals surface area contributed by atoms with Crippen LogP contribution in [-0.2, 0) is 6.54 Å². The maximum atomic E-state index is 5.87. The third-order valence-electron chi connectivity index (χ3n) is 3.79. The molecule has 3 heteroatoms. The highest BCUT2D eigenvalue weighted by Gasteiger charge is 2.33. The van der Waals surface area contributed by atoms with Gasteiger partial charge in [0.2, 0.25) is 0 Å². The van der Waals surface area contributed by atoms with Crippen molar-refractivity contribution >= 4 is 11.6 Å². The molecule has 17 heavy (non-hydrogen) atoms. The fourth-order valence-corrected chi connectivity index (χ4v) is 2.72. The van der Waals surface area contributed by atoms with Crippen LogP contribution in [0.3, 0.4) is 0 Å². The molecule has 1 saturated heterocycles. The molecule has 1 aliphatic carbocycles. The molecule has 1 N–H and O–H groups in total. The van der Waals surface area contributed by atoms with Gasteiger partial charge in [-0.05, 0) is 37.0 Å². The highest BCUT2D eigenvalue weighted by Crippen LogP contribution is 2.29. The molecule has 0 bridgehead atoms. The predicted octanol–water partition coefficient (Wildman–Crippen LogP) is 2.67. The first-order chi connectivity index (χ1) is 8.31. The summed E-state index contributed by atoms with van der Waals surface area (Å²) in [6, 6.07) is 9.71. The molecule has 3 rings (SSSR count). The summed E-state index contributed by atoms with van der Waals surface area (Å²) in [5, 5.41) is 4.46. The lowest BCUT2D eigenvalue weighted by Crippen LogP contribution is -2.32. The molecule has 2 nitrogen and oxygen atoms in total. The second-order valence-electron chi connectivity index (χ2n) is 5.22. The van der Waals surface area contributed by atoms with E-state index in [0.29, 0.717) is 6.04 Å². The van der Waals surface area contributed by atoms with Gasteiger partial charge in [0, 0.05) is 36.7 Å². The number of hydrogen-bond donors (Lipinski definition) is 1. The van der Waals surface area contributed by atoms with Crippen LogP contribution in [0.4, 0.5) is 0 Å². The van der Waals surface area contributed by atoms with Crippen molar-refractivity contribution in [2.75, 3.05) is 13.1 Å². The Hall–Kier alpha value is -0.570. The van der Waals surface area contributed by atoms with E-state index in [4.69, 9.17) is 11.6 Å². The van der Waals surface area contributed by atoms with E-state index in [0.717, 1.165) is 17.6 Å². The molecule has 1 aromatic rings. The number of rotatable bonds is 4. The van der Waals surface area contributed by atoms with Crippen LogP contribution < -0.4 is 5.32 Å². The zero-order valence-electron chi connectivity index (χ0n) is 10.0. The first kappa shape index (κ1) is 11.5. The summed E-state index contributed by atoms with van der Waals surface area (Å²) in [5.74, 6) is 0. The van der Waals surface area contributed by atoms with Gasteiger partial charge < -0.3 is 5.32 Å². The smallest absolute Gasteiger partial charge is 0.0406 e. The predicted molar refractivity (Wildman–Crippen MR) is 71.3 cm³/mol. The van der Waals surface area contributed by atoms with Crippen molar-refractivity contribution in [2.24, 2.45) is 0 Å². The normalized spacial score (nSPS) is 25.4. The number of halogens is 1. The first-order valence-corrected chi connectivity index (χ1v) is 6.91. The van der Waals surface area contributed by atoms with Gasteiger partial charge in [0.1, 0.15) is 0 Å². The molecule has 1 aromatic carbocycles. The van der Waals surface area contributed by atoms with Crippen molar-refractivity contribution in [1.82, 2.24) is 10.2 Å². The van der Waals surface area contributed by atoms with Crippen LogP contribution in [0.2, 0.25) is 5.02 Å². The summed E-state index contributed by atoms with van der Waals surface area (Å²) in [6.45, 7) is 3.47. The number of nitrogens with one attached hydrogen (secondary N) is 1. The lowest BCUT2D eigenvalue weighted by atomic mass is 10.2. The molecule has 1 unspecified atom stereocenters. The summed E-state index contributed by atoms with van der Waals surface area (Å²) in [6.07, 6.45) is 4.14. The minimum absolute atomic E-state index is 0.672. The topological polar surface area (TPSA) is 15.3 Å². The largest absolute Gasteiger partial charge is 0.309 e. The Morgan fingerprint density at radius 3 is 2.65 bits per heavy atom. The molecule has 92 valence electrons. The lowest BCUT2D eigenvalue weighted by Gasteiger charge is -2.15. The lowest BCUT2D eigenvalue weighted by molar-refractivity contribution is 0.317. The van der Waals surface area contributed by atoms with Crippen molar-refractivity contribution in [3.05, 3.63) is 34.9 Å². The van der Waals surface area contributed by atoms with Gasteiger partial charge in [-0.3, -0.25) is 4.90 Å². The molecule has 0 aromatic heterocycles. The summed E-state index contributed by atoms with van der Waals surface area (Å²) < 4.78 is 0. The van der Waals surface area contributed by atoms with Crippen molar-refractivity contribution in [2.45, 2.75) is 37.9 Å². The number of hydrogen-bond acceptors (Lipinski definition) is 2. The molecule has 0 amide bonds. The van der Waals surface area contributed by atoms with Crippen molar-refractivity contribution in [3.63, 3.8) is 0 Å². The number of nitrogens with zero attached hydrogens (tertiary/aromatic N) is 1. The third-order valence-corrected chi connectivity index (χ3v) is 4.04. The average Bonchev–Trinajstić information content (AvgIpc) is 3.09. The van der Waals surface area contributed by atoms with Crippen LogP contribution in [0.1, 0.15) is 24.8 Å². The van der Waals surface area contributed by atoms with Gasteiger partial charge in [0.25, 0.3) is 0 Å². The number of likely N-dealkylation sites (tertiary alicyclic amines) is 1. The second-order valence-corrected chi connectivity index (χ2v) is 5.66. The van der Waals surface area contributed by atoms with Gasteiger partial charge in [-0.15, -0.1) is 0 Å². The quantitative estimate of drug-likeness (QED) is 0.884. The van der Waals surface area contributed by atoms with E-state index in [1.807, 2.05) is 12.1 Å². The standard InChI is InChI=1S/C14H19ClN2/c15-12-3-1-11(2-4-12)9-16-13-7-8-17(10-13)14-5-6-14/h1-4,13-14,16H,5-10H2. The van der Waals surface area contributed by atoms with Gasteiger partial charge >= 0.3 is 0 Å². The SMILES string of the molecule is Clc1ccc(CNC2CCN(C3CC3)C2)cc1. The highest BCUT2D eigenvalue weighted by molar-refractivity contribution is 6.30. The monoisotopic (exact) mass is 250 g/mol. The van der Waals surface area contributed by atoms with E-state index in [1.165, 1.54) is 37.9 Å². The highest BCUT2D eigenvalue weighted by atomic mass is 35.5. The minimum atomic E-state index is 0.672. The summed E-state index contributed by atoms with van der Waals surface area (Å²) in [4.78, 5) is 2.64. The zero-order valence-corrected chi connectivity index (χ0v) is 10.8. The fraction of sp³-hybridized carbons (Fsp3) is 0.571. The van der Waals surface area contributed by atoms with Gasteiger partial charge in [0.15, 0.2) is 0 Å². The van der Waals surface area contributed by atoms with Crippen LogP contribution in [0.25, 0.3) is 0 Å². The molecule has 2 fully saturated rings. The second kappa shape index (κ2) is 4.97. The molecule has 2 aliphatic rings. The first-order valence-electron chi connectivity index (χ1n) is 6.53. The molecule has 0 spiro atoms. The van der Waals surface area contributed by atoms with Gasteiger partial charge in [-0.1, -0.05) is 23.7 Å². The van der Waals surface area contributed by atoms with E-state index < -0.39 is 0 Å². The van der Waals surface area contributed by atoms with Crippen LogP contribution in [0.15, 0.2) is 24.3 Å². The van der Waals surface area contributed by atoms with E-state index >= 15 is 0 Å². The van der Waals surface area contributed by atoms with Gasteiger partial charge in [-0.25, -0.2) is 0 Å². The summed E-state index contributed by atoms with van der Waals surface area (Å²) >= 11 is 5.87. The van der Waals surface area contributed by atoms with E-state index in [-0.39, 0.29) is 0 Å². The molecule has 1 heterocycles. The van der Waals surface area contributed by atoms with Gasteiger partial charge in [0.05, 0.1) is 0 Å². The Morgan fingerprint density at radius 2 is 1.94 bits per heavy atom. The van der Waals surface area contributed by atoms with E-state index in [1.54, 1.807) is 0 Å². The van der Waals surface area contributed by atoms with Crippen molar-refractivity contribution < 1.29 is 0 Å². The van der Waals surface area contributed by atoms with E-state index in [9.17, 15) is 0 Å². The maximum absolute atomic E-state index is 5.87. The Labute approximate surface area is 108 Å². The maximum Gasteiger partial charge on any atom is 0.0406 e. The fourth-order valence-electron chi connectivity index (χ4n) is 2.59.